The van der Waals surface area contributed by atoms with Gasteiger partial charge in [0.2, 0.25) is 5.91 Å². The van der Waals surface area contributed by atoms with Gasteiger partial charge < -0.3 is 4.90 Å². The maximum absolute atomic E-state index is 12.8. The molecule has 0 bridgehead atoms. The van der Waals surface area contributed by atoms with Crippen molar-refractivity contribution in [1.82, 2.24) is 14.8 Å². The van der Waals surface area contributed by atoms with Crippen LogP contribution in [-0.2, 0) is 17.8 Å². The van der Waals surface area contributed by atoms with Gasteiger partial charge in [-0.15, -0.1) is 11.3 Å². The molecule has 2 heterocycles. The van der Waals surface area contributed by atoms with Crippen molar-refractivity contribution in [3.05, 3.63) is 82.9 Å². The van der Waals surface area contributed by atoms with Crippen LogP contribution in [0.15, 0.2) is 66.0 Å². The molecule has 0 atom stereocenters. The molecule has 0 unspecified atom stereocenters. The molecule has 2 amide bonds. The predicted octanol–water partition coefficient (Wildman–Crippen LogP) is 3.67. The van der Waals surface area contributed by atoms with Crippen molar-refractivity contribution < 1.29 is 9.59 Å². The Kier molecular flexibility index (Phi) is 7.07. The molecule has 1 aromatic heterocycles. The summed E-state index contributed by atoms with van der Waals surface area (Å²) in [5, 5.41) is 5.17. The van der Waals surface area contributed by atoms with Crippen molar-refractivity contribution >= 4 is 28.3 Å². The van der Waals surface area contributed by atoms with Crippen LogP contribution in [0, 0.1) is 0 Å². The fraction of sp³-hybridized carbons (Fsp3) is 0.292. The first-order valence-corrected chi connectivity index (χ1v) is 11.4. The minimum atomic E-state index is -0.196. The molecule has 6 nitrogen and oxygen atoms in total. The van der Waals surface area contributed by atoms with E-state index in [4.69, 9.17) is 0 Å². The standard InChI is InChI=1S/C24H26N4O2S/c29-22(28-13-7-12-27(14-15-28)17-19-8-3-1-4-9-19)16-21-18-31-24(25-21)26-23(30)20-10-5-2-6-11-20/h1-6,8-11,18H,7,12-17H2,(H,25,26,30). The van der Waals surface area contributed by atoms with Crippen LogP contribution in [0.3, 0.4) is 0 Å². The Hall–Kier alpha value is -3.03. The van der Waals surface area contributed by atoms with Crippen LogP contribution in [0.25, 0.3) is 0 Å². The second kappa shape index (κ2) is 10.3. The van der Waals surface area contributed by atoms with Gasteiger partial charge in [0, 0.05) is 43.7 Å². The van der Waals surface area contributed by atoms with E-state index < -0.39 is 0 Å². The van der Waals surface area contributed by atoms with E-state index in [1.54, 1.807) is 12.1 Å². The third-order valence-corrected chi connectivity index (χ3v) is 6.14. The molecule has 1 fully saturated rings. The molecule has 1 aliphatic rings. The quantitative estimate of drug-likeness (QED) is 0.643. The number of benzene rings is 2. The van der Waals surface area contributed by atoms with Gasteiger partial charge in [-0.3, -0.25) is 19.8 Å². The van der Waals surface area contributed by atoms with Gasteiger partial charge in [0.15, 0.2) is 5.13 Å². The first-order chi connectivity index (χ1) is 15.2. The highest BCUT2D eigenvalue weighted by Crippen LogP contribution is 2.18. The van der Waals surface area contributed by atoms with Gasteiger partial charge in [0.05, 0.1) is 12.1 Å². The van der Waals surface area contributed by atoms with Gasteiger partial charge in [-0.25, -0.2) is 4.98 Å². The van der Waals surface area contributed by atoms with Crippen molar-refractivity contribution in [2.45, 2.75) is 19.4 Å². The van der Waals surface area contributed by atoms with E-state index in [1.807, 2.05) is 34.5 Å². The maximum atomic E-state index is 12.8. The summed E-state index contributed by atoms with van der Waals surface area (Å²) in [5.41, 5.74) is 2.58. The molecule has 2 aromatic carbocycles. The van der Waals surface area contributed by atoms with E-state index >= 15 is 0 Å². The maximum Gasteiger partial charge on any atom is 0.257 e. The molecule has 3 aromatic rings. The lowest BCUT2D eigenvalue weighted by Crippen LogP contribution is -2.36. The largest absolute Gasteiger partial charge is 0.341 e. The van der Waals surface area contributed by atoms with Gasteiger partial charge in [-0.2, -0.15) is 0 Å². The second-order valence-corrected chi connectivity index (χ2v) is 8.50. The number of thiazole rings is 1. The Labute approximate surface area is 186 Å². The lowest BCUT2D eigenvalue weighted by atomic mass is 10.2. The SMILES string of the molecule is O=C(Nc1nc(CC(=O)N2CCCN(Cc3ccccc3)CC2)cs1)c1ccccc1. The van der Waals surface area contributed by atoms with E-state index in [9.17, 15) is 9.59 Å². The molecular formula is C24H26N4O2S. The lowest BCUT2D eigenvalue weighted by Gasteiger charge is -2.22. The Morgan fingerprint density at radius 2 is 1.68 bits per heavy atom. The molecule has 0 spiro atoms. The molecule has 4 rings (SSSR count). The Morgan fingerprint density at radius 1 is 0.935 bits per heavy atom. The smallest absolute Gasteiger partial charge is 0.257 e. The average molecular weight is 435 g/mol. The van der Waals surface area contributed by atoms with E-state index in [0.29, 0.717) is 16.4 Å². The van der Waals surface area contributed by atoms with Crippen LogP contribution in [0.4, 0.5) is 5.13 Å². The number of carbonyl (C=O) groups is 2. The van der Waals surface area contributed by atoms with Crippen molar-refractivity contribution in [2.75, 3.05) is 31.5 Å². The second-order valence-electron chi connectivity index (χ2n) is 7.64. The fourth-order valence-electron chi connectivity index (χ4n) is 3.69. The summed E-state index contributed by atoms with van der Waals surface area (Å²) < 4.78 is 0. The summed E-state index contributed by atoms with van der Waals surface area (Å²) in [7, 11) is 0. The third-order valence-electron chi connectivity index (χ3n) is 5.33. The van der Waals surface area contributed by atoms with Crippen LogP contribution in [0.5, 0.6) is 0 Å². The van der Waals surface area contributed by atoms with Gasteiger partial charge >= 0.3 is 0 Å². The highest BCUT2D eigenvalue weighted by atomic mass is 32.1. The summed E-state index contributed by atoms with van der Waals surface area (Å²) in [6.45, 7) is 4.28. The van der Waals surface area contributed by atoms with Crippen molar-refractivity contribution in [1.29, 1.82) is 0 Å². The molecule has 1 aliphatic heterocycles. The Balaban J connectivity index is 1.28. The van der Waals surface area contributed by atoms with E-state index in [1.165, 1.54) is 16.9 Å². The Bertz CT molecular complexity index is 1010. The van der Waals surface area contributed by atoms with Crippen LogP contribution >= 0.6 is 11.3 Å². The van der Waals surface area contributed by atoms with E-state index in [-0.39, 0.29) is 18.2 Å². The van der Waals surface area contributed by atoms with Crippen LogP contribution in [0.1, 0.15) is 28.0 Å². The zero-order valence-electron chi connectivity index (χ0n) is 17.4. The highest BCUT2D eigenvalue weighted by molar-refractivity contribution is 7.14. The number of nitrogens with one attached hydrogen (secondary N) is 1. The van der Waals surface area contributed by atoms with Crippen LogP contribution in [0.2, 0.25) is 0 Å². The van der Waals surface area contributed by atoms with Crippen LogP contribution < -0.4 is 5.32 Å². The van der Waals surface area contributed by atoms with Gasteiger partial charge in [-0.05, 0) is 24.1 Å². The van der Waals surface area contributed by atoms with Gasteiger partial charge in [0.25, 0.3) is 5.91 Å². The molecule has 7 heteroatoms. The van der Waals surface area contributed by atoms with Crippen LogP contribution in [-0.4, -0.2) is 52.8 Å². The number of aromatic nitrogens is 1. The van der Waals surface area contributed by atoms with E-state index in [0.717, 1.165) is 39.1 Å². The molecule has 31 heavy (non-hydrogen) atoms. The van der Waals surface area contributed by atoms with E-state index in [2.05, 4.69) is 39.5 Å². The Morgan fingerprint density at radius 3 is 2.45 bits per heavy atom. The molecule has 1 saturated heterocycles. The number of anilines is 1. The predicted molar refractivity (Wildman–Crippen MR) is 123 cm³/mol. The first-order valence-electron chi connectivity index (χ1n) is 10.5. The monoisotopic (exact) mass is 434 g/mol. The average Bonchev–Trinajstić information content (AvgIpc) is 3.09. The molecule has 1 N–H and O–H groups in total. The zero-order valence-corrected chi connectivity index (χ0v) is 18.2. The normalized spacial score (nSPS) is 14.8. The summed E-state index contributed by atoms with van der Waals surface area (Å²) >= 11 is 1.34. The highest BCUT2D eigenvalue weighted by Gasteiger charge is 2.20. The van der Waals surface area contributed by atoms with Crippen molar-refractivity contribution in [3.63, 3.8) is 0 Å². The lowest BCUT2D eigenvalue weighted by molar-refractivity contribution is -0.130. The molecule has 0 saturated carbocycles. The van der Waals surface area contributed by atoms with Gasteiger partial charge in [0.1, 0.15) is 0 Å². The third kappa shape index (κ3) is 5.99. The van der Waals surface area contributed by atoms with Gasteiger partial charge in [-0.1, -0.05) is 48.5 Å². The number of nitrogens with zero attached hydrogens (tertiary/aromatic N) is 3. The van der Waals surface area contributed by atoms with Crippen molar-refractivity contribution in [2.24, 2.45) is 0 Å². The molecule has 0 radical (unpaired) electrons. The minimum Gasteiger partial charge on any atom is -0.341 e. The molecular weight excluding hydrogens is 408 g/mol. The number of rotatable bonds is 6. The summed E-state index contributed by atoms with van der Waals surface area (Å²) in [4.78, 5) is 33.9. The number of carbonyl (C=O) groups excluding carboxylic acids is 2. The topological polar surface area (TPSA) is 65.5 Å². The number of hydrogen-bond acceptors (Lipinski definition) is 5. The number of hydrogen-bond donors (Lipinski definition) is 1. The zero-order chi connectivity index (χ0) is 21.5. The molecule has 0 aliphatic carbocycles. The summed E-state index contributed by atoms with van der Waals surface area (Å²) in [5.74, 6) is -0.105. The minimum absolute atomic E-state index is 0.0906. The fourth-order valence-corrected chi connectivity index (χ4v) is 4.40. The number of amides is 2. The van der Waals surface area contributed by atoms with Crippen molar-refractivity contribution in [3.8, 4) is 0 Å². The molecule has 160 valence electrons. The first kappa shape index (κ1) is 21.2. The summed E-state index contributed by atoms with van der Waals surface area (Å²) in [6, 6.07) is 19.5. The summed E-state index contributed by atoms with van der Waals surface area (Å²) in [6.07, 6.45) is 1.23.